The molecule has 4 bridgehead atoms. The maximum Gasteiger partial charge on any atom is 1.00 e. The fourth-order valence-corrected chi connectivity index (χ4v) is 5.14. The molecule has 0 amide bonds. The summed E-state index contributed by atoms with van der Waals surface area (Å²) in [5.74, 6) is -1.56. The van der Waals surface area contributed by atoms with Crippen molar-refractivity contribution in [3.8, 4) is 0 Å². The summed E-state index contributed by atoms with van der Waals surface area (Å²) >= 11 is 0. The van der Waals surface area contributed by atoms with Crippen LogP contribution in [0.2, 0.25) is 0 Å². The first-order valence-corrected chi connectivity index (χ1v) is 13.1. The Morgan fingerprint density at radius 3 is 1.03 bits per heavy atom. The minimum absolute atomic E-state index is 0. The molecule has 0 N–H and O–H groups in total. The molecule has 0 fully saturated rings. The molecule has 6 aromatic rings. The van der Waals surface area contributed by atoms with E-state index in [1.165, 1.54) is 24.3 Å². The predicted molar refractivity (Wildman–Crippen MR) is 121 cm³/mol. The van der Waals surface area contributed by atoms with Crippen molar-refractivity contribution in [1.82, 2.24) is 9.13 Å². The number of benzene rings is 2. The van der Waals surface area contributed by atoms with E-state index in [-0.39, 0.29) is 117 Å². The van der Waals surface area contributed by atoms with Crippen LogP contribution in [0.15, 0.2) is 43.4 Å². The molecule has 0 atom stereocenters. The largest absolute Gasteiger partial charge is 1.00 e. The van der Waals surface area contributed by atoms with Gasteiger partial charge in [-0.1, -0.05) is 0 Å². The first-order valence-electron chi connectivity index (χ1n) is 9.99. The molecule has 4 aromatic heterocycles. The van der Waals surface area contributed by atoms with Gasteiger partial charge in [0.15, 0.2) is 0 Å². The van der Waals surface area contributed by atoms with E-state index in [0.29, 0.717) is 0 Å². The molecule has 36 heavy (non-hydrogen) atoms. The fourth-order valence-electron chi connectivity index (χ4n) is 4.18. The zero-order valence-electron chi connectivity index (χ0n) is 19.3. The first-order chi connectivity index (χ1) is 15.8. The molecule has 0 aliphatic heterocycles. The zero-order valence-corrected chi connectivity index (χ0v) is 25.0. The molecule has 4 heterocycles. The minimum Gasteiger partial charge on any atom is -0.748 e. The van der Waals surface area contributed by atoms with Crippen molar-refractivity contribution in [2.45, 2.75) is 25.9 Å². The van der Waals surface area contributed by atoms with E-state index in [1.807, 2.05) is 0 Å². The second kappa shape index (κ2) is 11.3. The fraction of sp³-hybridized carbons (Fsp3) is 0.300. The summed E-state index contributed by atoms with van der Waals surface area (Å²) in [6.07, 6.45) is -0.567. The molecule has 0 aliphatic carbocycles. The number of hydrogen-bond acceptors (Lipinski definition) is 10. The van der Waals surface area contributed by atoms with Gasteiger partial charge in [0.05, 0.1) is 20.2 Å². The van der Waals surface area contributed by atoms with Gasteiger partial charge in [0.2, 0.25) is 0 Å². The van der Waals surface area contributed by atoms with Crippen LogP contribution in [0.5, 0.6) is 0 Å². The SMILES string of the molecule is O=c1c2ccc(c(=O)n1CCCS(=O)(=O)[O-])c1c3ccc(c(=O)n(CCCS(=O)(=O)[O-])c3=O)c21.[Na+].[Na+]. The van der Waals surface area contributed by atoms with Crippen LogP contribution in [0.3, 0.4) is 0 Å². The van der Waals surface area contributed by atoms with Crippen molar-refractivity contribution in [3.05, 3.63) is 65.7 Å². The monoisotopic (exact) mass is 554 g/mol. The van der Waals surface area contributed by atoms with E-state index in [4.69, 9.17) is 0 Å². The van der Waals surface area contributed by atoms with Gasteiger partial charge in [0.25, 0.3) is 22.2 Å². The topological polar surface area (TPSA) is 193 Å². The number of fused-ring (bicyclic) bond motifs is 6. The normalized spacial score (nSPS) is 12.2. The van der Waals surface area contributed by atoms with Crippen LogP contribution in [0, 0.1) is 0 Å². The van der Waals surface area contributed by atoms with Crippen LogP contribution in [0.25, 0.3) is 32.3 Å². The molecule has 2 aromatic carbocycles. The van der Waals surface area contributed by atoms with Gasteiger partial charge >= 0.3 is 59.1 Å². The number of hydrogen-bond donors (Lipinski definition) is 0. The minimum atomic E-state index is -4.56. The van der Waals surface area contributed by atoms with Crippen molar-refractivity contribution in [3.63, 3.8) is 0 Å². The third-order valence-corrected chi connectivity index (χ3v) is 7.19. The molecular formula is C20H16N2Na2O10S2. The van der Waals surface area contributed by atoms with Crippen LogP contribution >= 0.6 is 0 Å². The number of rotatable bonds is 8. The van der Waals surface area contributed by atoms with Crippen molar-refractivity contribution in [2.24, 2.45) is 0 Å². The van der Waals surface area contributed by atoms with Gasteiger partial charge in [-0.25, -0.2) is 16.8 Å². The van der Waals surface area contributed by atoms with E-state index in [9.17, 15) is 45.1 Å². The van der Waals surface area contributed by atoms with E-state index < -0.39 is 54.0 Å². The van der Waals surface area contributed by atoms with Gasteiger partial charge in [-0.2, -0.15) is 0 Å². The summed E-state index contributed by atoms with van der Waals surface area (Å²) in [6.45, 7) is -0.714. The summed E-state index contributed by atoms with van der Waals surface area (Å²) in [6, 6.07) is 5.31. The summed E-state index contributed by atoms with van der Waals surface area (Å²) in [5.41, 5.74) is -3.27. The van der Waals surface area contributed by atoms with E-state index in [0.717, 1.165) is 9.13 Å². The number of aromatic nitrogens is 2. The van der Waals surface area contributed by atoms with E-state index in [1.54, 1.807) is 0 Å². The summed E-state index contributed by atoms with van der Waals surface area (Å²) in [7, 11) is -9.12. The van der Waals surface area contributed by atoms with Gasteiger partial charge in [0, 0.05) is 56.9 Å². The smallest absolute Gasteiger partial charge is 0.748 e. The van der Waals surface area contributed by atoms with Gasteiger partial charge in [-0.15, -0.1) is 0 Å². The summed E-state index contributed by atoms with van der Waals surface area (Å²) < 4.78 is 66.9. The van der Waals surface area contributed by atoms with Crippen molar-refractivity contribution >= 4 is 52.6 Å². The average Bonchev–Trinajstić information content (AvgIpc) is 3.00. The van der Waals surface area contributed by atoms with Gasteiger partial charge < -0.3 is 9.11 Å². The molecule has 12 nitrogen and oxygen atoms in total. The van der Waals surface area contributed by atoms with Crippen LogP contribution in [-0.2, 0) is 33.3 Å². The molecule has 0 aliphatic rings. The Hall–Kier alpha value is -1.20. The third-order valence-electron chi connectivity index (χ3n) is 5.62. The Balaban J connectivity index is 0.00000228. The van der Waals surface area contributed by atoms with Crippen molar-refractivity contribution < 1.29 is 85.1 Å². The average molecular weight is 554 g/mol. The van der Waals surface area contributed by atoms with Crippen LogP contribution in [-0.4, -0.2) is 46.6 Å². The molecule has 0 saturated heterocycles. The molecule has 16 heteroatoms. The molecular weight excluding hydrogens is 538 g/mol. The van der Waals surface area contributed by atoms with Crippen molar-refractivity contribution in [1.29, 1.82) is 0 Å². The Morgan fingerprint density at radius 2 is 0.806 bits per heavy atom. The van der Waals surface area contributed by atoms with E-state index >= 15 is 0 Å². The Labute approximate surface area is 247 Å². The molecule has 0 radical (unpaired) electrons. The first kappa shape index (κ1) is 31.0. The molecule has 180 valence electrons. The zero-order chi connectivity index (χ0) is 25.0. The summed E-state index contributed by atoms with van der Waals surface area (Å²) in [5, 5.41) is -0.0875. The maximum absolute atomic E-state index is 13.1. The van der Waals surface area contributed by atoms with Gasteiger partial charge in [-0.3, -0.25) is 28.3 Å². The predicted octanol–water partition coefficient (Wildman–Crippen LogP) is -7.06. The quantitative estimate of drug-likeness (QED) is 0.149. The standard InChI is InChI=1S/C20H18N2O10S2.2Na/c23-17-11-3-4-12(18(24)21(17)7-1-9-33(27,28)29)16-14-6-5-13(15(11)16)19(25)22(20(14)26)8-2-10-34(30,31)32;;/h3-6H,1-2,7-10H2,(H,27,28,29)(H,30,31,32);;/q;2*+1/p-2. The van der Waals surface area contributed by atoms with Gasteiger partial charge in [0.1, 0.15) is 0 Å². The second-order valence-electron chi connectivity index (χ2n) is 7.83. The van der Waals surface area contributed by atoms with Crippen molar-refractivity contribution in [2.75, 3.05) is 11.5 Å². The third kappa shape index (κ3) is 5.93. The van der Waals surface area contributed by atoms with E-state index in [2.05, 4.69) is 0 Å². The van der Waals surface area contributed by atoms with Crippen LogP contribution < -0.4 is 81.4 Å². The van der Waals surface area contributed by atoms with Crippen LogP contribution in [0.1, 0.15) is 12.8 Å². The molecule has 6 rings (SSSR count). The summed E-state index contributed by atoms with van der Waals surface area (Å²) in [4.78, 5) is 52.6. The Morgan fingerprint density at radius 1 is 0.556 bits per heavy atom. The molecule has 0 saturated carbocycles. The Bertz CT molecular complexity index is 1670. The van der Waals surface area contributed by atoms with Crippen LogP contribution in [0.4, 0.5) is 0 Å². The molecule has 0 spiro atoms. The molecule has 0 unspecified atom stereocenters. The second-order valence-corrected chi connectivity index (χ2v) is 10.9. The van der Waals surface area contributed by atoms with Gasteiger partial charge in [-0.05, 0) is 37.1 Å². The maximum atomic E-state index is 13.1. The number of nitrogens with zero attached hydrogens (tertiary/aromatic N) is 2. The Kier molecular flexibility index (Phi) is 9.71.